The van der Waals surface area contributed by atoms with Crippen LogP contribution >= 0.6 is 11.6 Å². The third-order valence-electron chi connectivity index (χ3n) is 3.55. The minimum Gasteiger partial charge on any atom is -0.439 e. The van der Waals surface area contributed by atoms with Gasteiger partial charge in [-0.3, -0.25) is 4.79 Å². The summed E-state index contributed by atoms with van der Waals surface area (Å²) in [5.74, 6) is 1.36. The van der Waals surface area contributed by atoms with E-state index >= 15 is 0 Å². The van der Waals surface area contributed by atoms with Crippen LogP contribution < -0.4 is 10.1 Å². The van der Waals surface area contributed by atoms with Crippen molar-refractivity contribution in [2.75, 3.05) is 0 Å². The van der Waals surface area contributed by atoms with E-state index in [9.17, 15) is 4.79 Å². The van der Waals surface area contributed by atoms with Crippen molar-refractivity contribution < 1.29 is 9.53 Å². The van der Waals surface area contributed by atoms with E-state index in [0.29, 0.717) is 16.7 Å². The van der Waals surface area contributed by atoms with Crippen molar-refractivity contribution in [3.05, 3.63) is 40.5 Å². The monoisotopic (exact) mass is 335 g/mol. The molecule has 23 heavy (non-hydrogen) atoms. The molecule has 0 aliphatic rings. The Morgan fingerprint density at radius 1 is 1.43 bits per heavy atom. The number of rotatable bonds is 6. The molecule has 2 N–H and O–H groups in total. The van der Waals surface area contributed by atoms with E-state index in [1.165, 1.54) is 6.92 Å². The third-order valence-corrected chi connectivity index (χ3v) is 3.79. The number of aromatic amines is 1. The van der Waals surface area contributed by atoms with Gasteiger partial charge in [0.1, 0.15) is 5.75 Å². The first-order valence-corrected chi connectivity index (χ1v) is 8.07. The highest BCUT2D eigenvalue weighted by atomic mass is 35.5. The fourth-order valence-electron chi connectivity index (χ4n) is 2.46. The highest BCUT2D eigenvalue weighted by molar-refractivity contribution is 6.30. The third kappa shape index (κ3) is 4.26. The summed E-state index contributed by atoms with van der Waals surface area (Å²) in [6.07, 6.45) is 0.741. The topological polar surface area (TPSA) is 67.0 Å². The maximum Gasteiger partial charge on any atom is 0.218 e. The van der Waals surface area contributed by atoms with E-state index in [1.807, 2.05) is 32.9 Å². The molecule has 0 saturated carbocycles. The molecule has 1 aromatic carbocycles. The van der Waals surface area contributed by atoms with E-state index in [1.54, 1.807) is 12.1 Å². The van der Waals surface area contributed by atoms with Crippen LogP contribution in [0.2, 0.25) is 5.02 Å². The van der Waals surface area contributed by atoms with Crippen LogP contribution in [0.4, 0.5) is 0 Å². The molecule has 2 rings (SSSR count). The van der Waals surface area contributed by atoms with Crippen LogP contribution in [0, 0.1) is 5.92 Å². The number of amides is 1. The van der Waals surface area contributed by atoms with Crippen LogP contribution in [0.5, 0.6) is 11.6 Å². The smallest absolute Gasteiger partial charge is 0.218 e. The van der Waals surface area contributed by atoms with Crippen molar-refractivity contribution in [3.63, 3.8) is 0 Å². The number of H-pyrrole nitrogens is 1. The molecule has 6 heteroatoms. The average Bonchev–Trinajstić information content (AvgIpc) is 2.86. The lowest BCUT2D eigenvalue weighted by Gasteiger charge is -2.21. The summed E-state index contributed by atoms with van der Waals surface area (Å²) >= 11 is 5.99. The Hall–Kier alpha value is -2.01. The Morgan fingerprint density at radius 2 is 2.17 bits per heavy atom. The van der Waals surface area contributed by atoms with E-state index in [-0.39, 0.29) is 17.9 Å². The SMILES string of the molecule is CCc1c(C(NC(C)=O)C(C)C)n[nH]c1Oc1cccc(Cl)c1. The Labute approximate surface area is 141 Å². The second-order valence-corrected chi connectivity index (χ2v) is 6.19. The zero-order chi connectivity index (χ0) is 17.0. The van der Waals surface area contributed by atoms with Gasteiger partial charge in [-0.2, -0.15) is 5.10 Å². The lowest BCUT2D eigenvalue weighted by molar-refractivity contribution is -0.120. The van der Waals surface area contributed by atoms with Crippen LogP contribution in [0.15, 0.2) is 24.3 Å². The van der Waals surface area contributed by atoms with Gasteiger partial charge in [0.15, 0.2) is 0 Å². The molecular formula is C17H22ClN3O2. The fourth-order valence-corrected chi connectivity index (χ4v) is 2.64. The number of carbonyl (C=O) groups is 1. The molecule has 0 aliphatic heterocycles. The van der Waals surface area contributed by atoms with Gasteiger partial charge in [0.25, 0.3) is 0 Å². The Balaban J connectivity index is 2.33. The van der Waals surface area contributed by atoms with Crippen molar-refractivity contribution in [2.24, 2.45) is 5.92 Å². The molecule has 124 valence electrons. The number of nitrogens with zero attached hydrogens (tertiary/aromatic N) is 1. The van der Waals surface area contributed by atoms with Crippen LogP contribution in [0.1, 0.15) is 45.0 Å². The zero-order valence-electron chi connectivity index (χ0n) is 13.8. The first kappa shape index (κ1) is 17.3. The highest BCUT2D eigenvalue weighted by Crippen LogP contribution is 2.32. The molecule has 0 saturated heterocycles. The summed E-state index contributed by atoms with van der Waals surface area (Å²) in [5, 5.41) is 10.9. The summed E-state index contributed by atoms with van der Waals surface area (Å²) < 4.78 is 5.88. The van der Waals surface area contributed by atoms with Crippen LogP contribution in [0.3, 0.4) is 0 Å². The van der Waals surface area contributed by atoms with Crippen molar-refractivity contribution in [1.82, 2.24) is 15.5 Å². The Kier molecular flexibility index (Phi) is 5.66. The molecule has 1 unspecified atom stereocenters. The highest BCUT2D eigenvalue weighted by Gasteiger charge is 2.25. The van der Waals surface area contributed by atoms with Crippen molar-refractivity contribution in [1.29, 1.82) is 0 Å². The van der Waals surface area contributed by atoms with Gasteiger partial charge in [-0.25, -0.2) is 5.10 Å². The first-order chi connectivity index (χ1) is 10.9. The van der Waals surface area contributed by atoms with Gasteiger partial charge in [-0.05, 0) is 30.5 Å². The molecule has 0 radical (unpaired) electrons. The number of ether oxygens (including phenoxy) is 1. The number of aromatic nitrogens is 2. The summed E-state index contributed by atoms with van der Waals surface area (Å²) in [6.45, 7) is 7.64. The average molecular weight is 336 g/mol. The predicted octanol–water partition coefficient (Wildman–Crippen LogP) is 4.25. The standard InChI is InChI=1S/C17H22ClN3O2/c1-5-14-16(15(10(2)3)19-11(4)22)20-21-17(14)23-13-8-6-7-12(18)9-13/h6-10,15H,5H2,1-4H3,(H,19,22)(H,20,21). The van der Waals surface area contributed by atoms with Gasteiger partial charge < -0.3 is 10.1 Å². The van der Waals surface area contributed by atoms with Crippen LogP contribution in [-0.4, -0.2) is 16.1 Å². The minimum atomic E-state index is -0.157. The van der Waals surface area contributed by atoms with Crippen LogP contribution in [0.25, 0.3) is 0 Å². The van der Waals surface area contributed by atoms with Gasteiger partial charge in [0.2, 0.25) is 11.8 Å². The molecule has 5 nitrogen and oxygen atoms in total. The number of carbonyl (C=O) groups excluding carboxylic acids is 1. The lowest BCUT2D eigenvalue weighted by Crippen LogP contribution is -2.30. The predicted molar refractivity (Wildman–Crippen MR) is 90.9 cm³/mol. The first-order valence-electron chi connectivity index (χ1n) is 7.70. The number of benzene rings is 1. The maximum atomic E-state index is 11.5. The van der Waals surface area contributed by atoms with Crippen molar-refractivity contribution in [2.45, 2.75) is 40.2 Å². The molecule has 1 heterocycles. The van der Waals surface area contributed by atoms with Gasteiger partial charge in [0, 0.05) is 17.5 Å². The largest absolute Gasteiger partial charge is 0.439 e. The second kappa shape index (κ2) is 7.51. The molecule has 0 bridgehead atoms. The molecule has 0 spiro atoms. The van der Waals surface area contributed by atoms with Gasteiger partial charge in [0.05, 0.1) is 11.7 Å². The summed E-state index contributed by atoms with van der Waals surface area (Å²) in [6, 6.07) is 7.04. The van der Waals surface area contributed by atoms with E-state index in [4.69, 9.17) is 16.3 Å². The number of hydrogen-bond acceptors (Lipinski definition) is 3. The van der Waals surface area contributed by atoms with Crippen molar-refractivity contribution in [3.8, 4) is 11.6 Å². The number of nitrogens with one attached hydrogen (secondary N) is 2. The Morgan fingerprint density at radius 3 is 2.74 bits per heavy atom. The molecule has 1 aromatic heterocycles. The van der Waals surface area contributed by atoms with E-state index in [2.05, 4.69) is 15.5 Å². The molecule has 0 fully saturated rings. The van der Waals surface area contributed by atoms with E-state index < -0.39 is 0 Å². The lowest BCUT2D eigenvalue weighted by atomic mass is 9.97. The van der Waals surface area contributed by atoms with Gasteiger partial charge in [-0.15, -0.1) is 0 Å². The molecule has 2 aromatic rings. The fraction of sp³-hybridized carbons (Fsp3) is 0.412. The molecule has 1 atom stereocenters. The molecule has 0 aliphatic carbocycles. The van der Waals surface area contributed by atoms with E-state index in [0.717, 1.165) is 17.7 Å². The Bertz CT molecular complexity index is 682. The van der Waals surface area contributed by atoms with Crippen LogP contribution in [-0.2, 0) is 11.2 Å². The molecule has 1 amide bonds. The second-order valence-electron chi connectivity index (χ2n) is 5.75. The maximum absolute atomic E-state index is 11.5. The quantitative estimate of drug-likeness (QED) is 0.829. The number of halogens is 1. The summed E-state index contributed by atoms with van der Waals surface area (Å²) in [7, 11) is 0. The molecular weight excluding hydrogens is 314 g/mol. The van der Waals surface area contributed by atoms with Gasteiger partial charge in [-0.1, -0.05) is 38.4 Å². The van der Waals surface area contributed by atoms with Gasteiger partial charge >= 0.3 is 0 Å². The summed E-state index contributed by atoms with van der Waals surface area (Å²) in [4.78, 5) is 11.5. The summed E-state index contributed by atoms with van der Waals surface area (Å²) in [5.41, 5.74) is 1.77. The minimum absolute atomic E-state index is 0.0777. The zero-order valence-corrected chi connectivity index (χ0v) is 14.6. The number of hydrogen-bond donors (Lipinski definition) is 2. The van der Waals surface area contributed by atoms with Crippen molar-refractivity contribution >= 4 is 17.5 Å². The normalized spacial score (nSPS) is 12.3.